The molecular weight excluding hydrogens is 420 g/mol. The number of hydrogen-bond acceptors (Lipinski definition) is 7. The van der Waals surface area contributed by atoms with Crippen LogP contribution in [0.2, 0.25) is 0 Å². The first-order valence-corrected chi connectivity index (χ1v) is 10.2. The largest absolute Gasteiger partial charge is 0.454 e. The Bertz CT molecular complexity index is 1130. The van der Waals surface area contributed by atoms with Gasteiger partial charge in [-0.15, -0.1) is 0 Å². The minimum atomic E-state index is -0.936. The van der Waals surface area contributed by atoms with E-state index in [0.717, 1.165) is 22.9 Å². The van der Waals surface area contributed by atoms with E-state index < -0.39 is 11.9 Å². The van der Waals surface area contributed by atoms with E-state index in [-0.39, 0.29) is 24.2 Å². The molecule has 4 amide bonds. The number of aliphatic imine (C=N–C) groups is 1. The van der Waals surface area contributed by atoms with Gasteiger partial charge in [-0.1, -0.05) is 35.5 Å². The Morgan fingerprint density at radius 1 is 1.19 bits per heavy atom. The van der Waals surface area contributed by atoms with E-state index in [1.807, 2.05) is 24.4 Å². The first kappa shape index (κ1) is 20.5. The summed E-state index contributed by atoms with van der Waals surface area (Å²) in [5.41, 5.74) is 7.56. The molecule has 4 rings (SSSR count). The minimum absolute atomic E-state index is 0.130. The molecule has 0 unspecified atom stereocenters. The van der Waals surface area contributed by atoms with Crippen LogP contribution in [0.5, 0.6) is 11.5 Å². The van der Waals surface area contributed by atoms with Gasteiger partial charge in [0.1, 0.15) is 5.70 Å². The van der Waals surface area contributed by atoms with Crippen LogP contribution in [0.1, 0.15) is 11.1 Å². The number of primary amides is 1. The molecule has 0 aromatic heterocycles. The van der Waals surface area contributed by atoms with Crippen LogP contribution in [0.15, 0.2) is 53.2 Å². The van der Waals surface area contributed by atoms with Crippen LogP contribution in [0.3, 0.4) is 0 Å². The number of amidine groups is 1. The Morgan fingerprint density at radius 3 is 2.68 bits per heavy atom. The zero-order valence-electron chi connectivity index (χ0n) is 16.5. The molecule has 2 heterocycles. The number of nitrogens with one attached hydrogen (secondary N) is 1. The Morgan fingerprint density at radius 2 is 1.94 bits per heavy atom. The van der Waals surface area contributed by atoms with E-state index >= 15 is 0 Å². The number of aryl methyl sites for hydroxylation is 1. The third-order valence-corrected chi connectivity index (χ3v) is 5.36. The van der Waals surface area contributed by atoms with Crippen molar-refractivity contribution < 1.29 is 23.9 Å². The van der Waals surface area contributed by atoms with E-state index in [1.54, 1.807) is 36.4 Å². The number of amides is 4. The monoisotopic (exact) mass is 438 g/mol. The van der Waals surface area contributed by atoms with Gasteiger partial charge in [0.15, 0.2) is 16.7 Å². The lowest BCUT2D eigenvalue weighted by atomic mass is 10.1. The number of anilines is 1. The highest BCUT2D eigenvalue weighted by atomic mass is 32.2. The molecule has 9 nitrogen and oxygen atoms in total. The standard InChI is InChI=1S/C21H18N4O5S/c1-12-2-5-14(6-3-12)25-19(27)15(23-21(25)31-10-18(26)24-20(22)28)8-13-4-7-16-17(9-13)30-11-29-16/h2-9H,10-11H2,1H3,(H3,22,24,26,28). The number of benzene rings is 2. The third kappa shape index (κ3) is 4.53. The van der Waals surface area contributed by atoms with Gasteiger partial charge in [-0.3, -0.25) is 19.8 Å². The van der Waals surface area contributed by atoms with Crippen LogP contribution in [-0.4, -0.2) is 35.6 Å². The topological polar surface area (TPSA) is 123 Å². The predicted molar refractivity (Wildman–Crippen MR) is 117 cm³/mol. The van der Waals surface area contributed by atoms with Gasteiger partial charge in [0.2, 0.25) is 12.7 Å². The van der Waals surface area contributed by atoms with Gasteiger partial charge in [0, 0.05) is 0 Å². The second-order valence-electron chi connectivity index (χ2n) is 6.71. The molecule has 0 saturated heterocycles. The van der Waals surface area contributed by atoms with Gasteiger partial charge < -0.3 is 15.2 Å². The lowest BCUT2D eigenvalue weighted by Crippen LogP contribution is -2.37. The first-order valence-electron chi connectivity index (χ1n) is 9.24. The highest BCUT2D eigenvalue weighted by Gasteiger charge is 2.32. The maximum Gasteiger partial charge on any atom is 0.318 e. The zero-order chi connectivity index (χ0) is 22.0. The Kier molecular flexibility index (Phi) is 5.63. The Labute approximate surface area is 181 Å². The number of carbonyl (C=O) groups is 3. The molecule has 0 atom stereocenters. The fourth-order valence-electron chi connectivity index (χ4n) is 2.98. The molecule has 0 fully saturated rings. The average molecular weight is 438 g/mol. The van der Waals surface area contributed by atoms with Crippen molar-refractivity contribution in [2.24, 2.45) is 10.7 Å². The van der Waals surface area contributed by atoms with Gasteiger partial charge in [0.05, 0.1) is 11.4 Å². The van der Waals surface area contributed by atoms with E-state index in [2.05, 4.69) is 4.99 Å². The van der Waals surface area contributed by atoms with Crippen molar-refractivity contribution in [3.8, 4) is 11.5 Å². The zero-order valence-corrected chi connectivity index (χ0v) is 17.3. The van der Waals surface area contributed by atoms with Crippen molar-refractivity contribution in [1.29, 1.82) is 0 Å². The van der Waals surface area contributed by atoms with Gasteiger partial charge >= 0.3 is 6.03 Å². The smallest absolute Gasteiger partial charge is 0.318 e. The van der Waals surface area contributed by atoms with Crippen molar-refractivity contribution in [3.63, 3.8) is 0 Å². The number of ether oxygens (including phenoxy) is 2. The van der Waals surface area contributed by atoms with Crippen molar-refractivity contribution in [3.05, 3.63) is 59.3 Å². The summed E-state index contributed by atoms with van der Waals surface area (Å²) in [5, 5.41) is 2.32. The number of rotatable bonds is 4. The summed E-state index contributed by atoms with van der Waals surface area (Å²) >= 11 is 1.03. The van der Waals surface area contributed by atoms with Crippen LogP contribution in [0.25, 0.3) is 6.08 Å². The summed E-state index contributed by atoms with van der Waals surface area (Å²) in [6.45, 7) is 2.10. The quantitative estimate of drug-likeness (QED) is 0.707. The first-order chi connectivity index (χ1) is 14.9. The lowest BCUT2D eigenvalue weighted by molar-refractivity contribution is -0.117. The third-order valence-electron chi connectivity index (χ3n) is 4.42. The molecule has 158 valence electrons. The SMILES string of the molecule is Cc1ccc(N2C(=O)C(=Cc3ccc4c(c3)OCO4)N=C2SCC(=O)NC(N)=O)cc1. The molecule has 2 aliphatic rings. The molecule has 0 aliphatic carbocycles. The summed E-state index contributed by atoms with van der Waals surface area (Å²) in [4.78, 5) is 41.7. The predicted octanol–water partition coefficient (Wildman–Crippen LogP) is 2.40. The number of hydrogen-bond donors (Lipinski definition) is 2. The molecule has 2 aromatic carbocycles. The van der Waals surface area contributed by atoms with E-state index in [9.17, 15) is 14.4 Å². The highest BCUT2D eigenvalue weighted by molar-refractivity contribution is 8.14. The van der Waals surface area contributed by atoms with Crippen molar-refractivity contribution in [2.45, 2.75) is 6.92 Å². The normalized spacial score (nSPS) is 15.9. The Hall–Kier alpha value is -3.79. The molecule has 31 heavy (non-hydrogen) atoms. The van der Waals surface area contributed by atoms with Gasteiger partial charge in [-0.2, -0.15) is 0 Å². The molecule has 10 heteroatoms. The molecule has 0 saturated carbocycles. The van der Waals surface area contributed by atoms with Crippen LogP contribution in [0, 0.1) is 6.92 Å². The van der Waals surface area contributed by atoms with Crippen molar-refractivity contribution in [1.82, 2.24) is 5.32 Å². The van der Waals surface area contributed by atoms with Crippen LogP contribution < -0.4 is 25.4 Å². The molecule has 0 spiro atoms. The highest BCUT2D eigenvalue weighted by Crippen LogP contribution is 2.34. The second-order valence-corrected chi connectivity index (χ2v) is 7.66. The molecule has 0 radical (unpaired) electrons. The summed E-state index contributed by atoms with van der Waals surface area (Å²) in [7, 11) is 0. The van der Waals surface area contributed by atoms with Gasteiger partial charge in [-0.25, -0.2) is 9.79 Å². The average Bonchev–Trinajstić information content (AvgIpc) is 3.31. The summed E-state index contributed by atoms with van der Waals surface area (Å²) in [6, 6.07) is 11.7. The molecular formula is C21H18N4O5S. The molecule has 2 aromatic rings. The maximum absolute atomic E-state index is 13.2. The Balaban J connectivity index is 1.63. The summed E-state index contributed by atoms with van der Waals surface area (Å²) in [6.07, 6.45) is 1.64. The number of urea groups is 1. The number of carbonyl (C=O) groups excluding carboxylic acids is 3. The number of nitrogens with zero attached hydrogens (tertiary/aromatic N) is 2. The van der Waals surface area contributed by atoms with Crippen molar-refractivity contribution in [2.75, 3.05) is 17.4 Å². The van der Waals surface area contributed by atoms with Gasteiger partial charge in [0.25, 0.3) is 5.91 Å². The van der Waals surface area contributed by atoms with Crippen molar-refractivity contribution >= 4 is 46.5 Å². The van der Waals surface area contributed by atoms with E-state index in [1.165, 1.54) is 4.90 Å². The van der Waals surface area contributed by atoms with Crippen LogP contribution in [-0.2, 0) is 9.59 Å². The second kappa shape index (κ2) is 8.52. The lowest BCUT2D eigenvalue weighted by Gasteiger charge is -2.17. The van der Waals surface area contributed by atoms with Gasteiger partial charge in [-0.05, 0) is 42.8 Å². The van der Waals surface area contributed by atoms with E-state index in [4.69, 9.17) is 15.2 Å². The summed E-state index contributed by atoms with van der Waals surface area (Å²) in [5.74, 6) is 0.191. The number of imide groups is 1. The number of fused-ring (bicyclic) bond motifs is 1. The molecule has 0 bridgehead atoms. The minimum Gasteiger partial charge on any atom is -0.454 e. The fourth-order valence-corrected chi connectivity index (χ4v) is 3.79. The molecule has 3 N–H and O–H groups in total. The van der Waals surface area contributed by atoms with E-state index in [0.29, 0.717) is 22.4 Å². The fraction of sp³-hybridized carbons (Fsp3) is 0.143. The summed E-state index contributed by atoms with van der Waals surface area (Å²) < 4.78 is 10.7. The maximum atomic E-state index is 13.2. The number of thioether (sulfide) groups is 1. The van der Waals surface area contributed by atoms with Crippen LogP contribution >= 0.6 is 11.8 Å². The number of nitrogens with two attached hydrogens (primary N) is 1. The molecule has 2 aliphatic heterocycles. The van der Waals surface area contributed by atoms with Crippen LogP contribution in [0.4, 0.5) is 10.5 Å².